The summed E-state index contributed by atoms with van der Waals surface area (Å²) < 4.78 is 64.7. The van der Waals surface area contributed by atoms with Gasteiger partial charge in [-0.25, -0.2) is 8.78 Å². The van der Waals surface area contributed by atoms with E-state index in [1.165, 1.54) is 38.7 Å². The molecule has 3 N–H and O–H groups in total. The third kappa shape index (κ3) is 11.6. The van der Waals surface area contributed by atoms with E-state index in [0.717, 1.165) is 0 Å². The van der Waals surface area contributed by atoms with Crippen molar-refractivity contribution in [1.29, 1.82) is 0 Å². The Labute approximate surface area is 264 Å². The number of halogens is 4. The van der Waals surface area contributed by atoms with Crippen LogP contribution in [0.15, 0.2) is 37.4 Å². The molecule has 252 valence electrons. The zero-order valence-corrected chi connectivity index (χ0v) is 26.2. The molecular weight excluding hydrogens is 614 g/mol. The molecule has 3 amide bonds. The Balaban J connectivity index is 0.00000199. The van der Waals surface area contributed by atoms with Crippen LogP contribution in [0.3, 0.4) is 0 Å². The van der Waals surface area contributed by atoms with Gasteiger partial charge in [-0.05, 0) is 38.0 Å². The molecule has 0 bridgehead atoms. The van der Waals surface area contributed by atoms with E-state index in [0.29, 0.717) is 29.8 Å². The van der Waals surface area contributed by atoms with Gasteiger partial charge in [-0.15, -0.1) is 13.2 Å². The van der Waals surface area contributed by atoms with Gasteiger partial charge in [0.2, 0.25) is 29.4 Å². The summed E-state index contributed by atoms with van der Waals surface area (Å²) in [5.41, 5.74) is 0.746. The lowest BCUT2D eigenvalue weighted by Crippen LogP contribution is -2.48. The zero-order chi connectivity index (χ0) is 35.0. The average Bonchev–Trinajstić information content (AvgIpc) is 3.43. The predicted octanol–water partition coefficient (Wildman–Crippen LogP) is 3.99. The van der Waals surface area contributed by atoms with Crippen LogP contribution in [0.2, 0.25) is 0 Å². The molecule has 14 heteroatoms. The fourth-order valence-corrected chi connectivity index (χ4v) is 4.14. The van der Waals surface area contributed by atoms with Crippen molar-refractivity contribution in [3.05, 3.63) is 71.8 Å². The number of benzene rings is 2. The van der Waals surface area contributed by atoms with Gasteiger partial charge in [0, 0.05) is 29.7 Å². The first kappa shape index (κ1) is 39.3. The zero-order valence-electron chi connectivity index (χ0n) is 26.2. The molecular formula is C32H39F4N3O7. The largest absolute Gasteiger partial charge is 0.496 e. The Kier molecular flexibility index (Phi) is 16.7. The van der Waals surface area contributed by atoms with Crippen LogP contribution in [-0.4, -0.2) is 62.1 Å². The Bertz CT molecular complexity index is 1380. The lowest BCUT2D eigenvalue weighted by atomic mass is 9.96. The molecule has 3 rings (SSSR count). The molecule has 1 aliphatic rings. The van der Waals surface area contributed by atoms with Crippen molar-refractivity contribution in [2.45, 2.75) is 52.5 Å². The number of carbonyl (C=O) groups excluding carboxylic acids is 5. The van der Waals surface area contributed by atoms with Gasteiger partial charge >= 0.3 is 0 Å². The number of Topliss-reactive ketones (excluding diaryl/α,β-unsaturated/α-hetero) is 2. The molecule has 46 heavy (non-hydrogen) atoms. The number of carbonyl (C=O) groups is 5. The van der Waals surface area contributed by atoms with E-state index in [4.69, 9.17) is 9.47 Å². The number of hydrogen-bond acceptors (Lipinski definition) is 7. The minimum absolute atomic E-state index is 0.0223. The summed E-state index contributed by atoms with van der Waals surface area (Å²) in [6.45, 7) is 10.3. The van der Waals surface area contributed by atoms with Crippen LogP contribution < -0.4 is 25.4 Å². The van der Waals surface area contributed by atoms with Crippen molar-refractivity contribution in [3.63, 3.8) is 0 Å². The first-order valence-electron chi connectivity index (χ1n) is 14.3. The molecule has 2 atom stereocenters. The quantitative estimate of drug-likeness (QED) is 0.129. The number of nitrogens with one attached hydrogen (secondary N) is 3. The van der Waals surface area contributed by atoms with Gasteiger partial charge in [-0.3, -0.25) is 24.0 Å². The molecule has 10 nitrogen and oxygen atoms in total. The maximum Gasteiger partial charge on any atom is 0.239 e. The average molecular weight is 654 g/mol. The Morgan fingerprint density at radius 1 is 1.02 bits per heavy atom. The highest BCUT2D eigenvalue weighted by Crippen LogP contribution is 2.27. The van der Waals surface area contributed by atoms with Crippen molar-refractivity contribution < 1.29 is 51.0 Å². The first-order chi connectivity index (χ1) is 21.8. The van der Waals surface area contributed by atoms with Crippen LogP contribution in [-0.2, 0) is 25.6 Å². The predicted molar refractivity (Wildman–Crippen MR) is 161 cm³/mol. The topological polar surface area (TPSA) is 140 Å². The van der Waals surface area contributed by atoms with Crippen molar-refractivity contribution >= 4 is 29.3 Å². The highest BCUT2D eigenvalue weighted by atomic mass is 19.2. The second-order valence-corrected chi connectivity index (χ2v) is 9.93. The molecule has 2 aromatic rings. The van der Waals surface area contributed by atoms with Crippen LogP contribution in [0.4, 0.5) is 17.6 Å². The summed E-state index contributed by atoms with van der Waals surface area (Å²) >= 11 is 0. The highest BCUT2D eigenvalue weighted by molar-refractivity contribution is 5.95. The molecule has 0 saturated carbocycles. The molecule has 1 aliphatic heterocycles. The first-order valence-corrected chi connectivity index (χ1v) is 14.3. The van der Waals surface area contributed by atoms with Crippen molar-refractivity contribution in [1.82, 2.24) is 16.0 Å². The molecule has 0 aliphatic carbocycles. The van der Waals surface area contributed by atoms with Gasteiger partial charge in [0.15, 0.2) is 29.0 Å². The molecule has 2 aromatic carbocycles. The lowest BCUT2D eigenvalue weighted by molar-refractivity contribution is -0.130. The van der Waals surface area contributed by atoms with Crippen molar-refractivity contribution in [3.8, 4) is 11.5 Å². The molecule has 1 heterocycles. The fraction of sp³-hybridized carbons (Fsp3) is 0.406. The van der Waals surface area contributed by atoms with E-state index in [9.17, 15) is 41.5 Å². The summed E-state index contributed by atoms with van der Waals surface area (Å²) in [5.74, 6) is -11.9. The maximum absolute atomic E-state index is 13.9. The second kappa shape index (κ2) is 19.6. The van der Waals surface area contributed by atoms with E-state index in [2.05, 4.69) is 43.0 Å². The van der Waals surface area contributed by atoms with E-state index >= 15 is 0 Å². The molecule has 0 radical (unpaired) electrons. The summed E-state index contributed by atoms with van der Waals surface area (Å²) in [5, 5.41) is 7.29. The van der Waals surface area contributed by atoms with E-state index in [1.807, 2.05) is 0 Å². The van der Waals surface area contributed by atoms with Gasteiger partial charge < -0.3 is 25.4 Å². The summed E-state index contributed by atoms with van der Waals surface area (Å²) in [6.07, 6.45) is 1.15. The monoisotopic (exact) mass is 653 g/mol. The van der Waals surface area contributed by atoms with Crippen molar-refractivity contribution in [2.24, 2.45) is 5.92 Å². The Morgan fingerprint density at radius 3 is 2.15 bits per heavy atom. The molecule has 1 saturated heterocycles. The van der Waals surface area contributed by atoms with Gasteiger partial charge in [-0.1, -0.05) is 20.3 Å². The van der Waals surface area contributed by atoms with Gasteiger partial charge in [0.1, 0.15) is 12.4 Å². The number of hydrogen-bond donors (Lipinski definition) is 3. The number of rotatable bonds is 13. The fourth-order valence-electron chi connectivity index (χ4n) is 4.14. The minimum atomic E-state index is -1.85. The number of ketones is 2. The van der Waals surface area contributed by atoms with Crippen molar-refractivity contribution in [2.75, 3.05) is 26.8 Å². The lowest BCUT2D eigenvalue weighted by Gasteiger charge is -2.20. The van der Waals surface area contributed by atoms with Crippen LogP contribution in [0.1, 0.15) is 56.0 Å². The van der Waals surface area contributed by atoms with Crippen LogP contribution in [0.25, 0.3) is 0 Å². The van der Waals surface area contributed by atoms with Gasteiger partial charge in [0.05, 0.1) is 26.1 Å². The summed E-state index contributed by atoms with van der Waals surface area (Å²) in [7, 11) is 1.39. The standard InChI is InChI=1S/C27H27F4N3O7.C3H8.C2H4/c1-13(35)14-3-4-21(40-2)16(7-14)9-22(37)33-11-23(38)34-19(8-15-5-6-32-27(15)39)20(36)12-41-26-24(30)17(28)10-18(29)25(26)31;1-3-2;1-2/h3-4,7,10,15,19H,5-6,8-9,11-12H2,1-2H3,(H,32,39)(H,33,37)(H,34,38);3H2,1-2H3;1-2H2. The van der Waals surface area contributed by atoms with Crippen LogP contribution in [0.5, 0.6) is 11.5 Å². The Morgan fingerprint density at radius 2 is 1.63 bits per heavy atom. The second-order valence-electron chi connectivity index (χ2n) is 9.93. The van der Waals surface area contributed by atoms with Crippen LogP contribution >= 0.6 is 0 Å². The third-order valence-corrected chi connectivity index (χ3v) is 6.32. The van der Waals surface area contributed by atoms with E-state index in [-0.39, 0.29) is 30.6 Å². The molecule has 0 aromatic heterocycles. The van der Waals surface area contributed by atoms with Crippen LogP contribution in [0, 0.1) is 29.2 Å². The van der Waals surface area contributed by atoms with E-state index < -0.39 is 71.7 Å². The molecule has 2 unspecified atom stereocenters. The van der Waals surface area contributed by atoms with Gasteiger partial charge in [0.25, 0.3) is 0 Å². The number of methoxy groups -OCH3 is 1. The SMILES string of the molecule is C=C.CCC.COc1ccc(C(C)=O)cc1CC(=O)NCC(=O)NC(CC1CCNC1=O)C(=O)COc1c(F)c(F)cc(F)c1F. The summed E-state index contributed by atoms with van der Waals surface area (Å²) in [4.78, 5) is 61.6. The molecule has 0 spiro atoms. The van der Waals surface area contributed by atoms with E-state index in [1.54, 1.807) is 0 Å². The third-order valence-electron chi connectivity index (χ3n) is 6.32. The highest BCUT2D eigenvalue weighted by Gasteiger charge is 2.32. The number of ether oxygens (including phenoxy) is 2. The normalized spacial score (nSPS) is 13.9. The Hall–Kier alpha value is -4.75. The molecule has 1 fully saturated rings. The minimum Gasteiger partial charge on any atom is -0.496 e. The maximum atomic E-state index is 13.9. The number of amides is 3. The van der Waals surface area contributed by atoms with Gasteiger partial charge in [-0.2, -0.15) is 8.78 Å². The smallest absolute Gasteiger partial charge is 0.239 e. The summed E-state index contributed by atoms with van der Waals surface area (Å²) in [6, 6.07) is 3.13.